The van der Waals surface area contributed by atoms with Crippen molar-refractivity contribution in [2.45, 2.75) is 6.54 Å². The van der Waals surface area contributed by atoms with Crippen molar-refractivity contribution in [3.8, 4) is 17.3 Å². The number of aromatic nitrogens is 4. The van der Waals surface area contributed by atoms with Crippen LogP contribution in [-0.4, -0.2) is 19.7 Å². The van der Waals surface area contributed by atoms with Gasteiger partial charge in [0.25, 0.3) is 0 Å². The van der Waals surface area contributed by atoms with E-state index in [-0.39, 0.29) is 0 Å². The largest absolute Gasteiger partial charge is 0.366 e. The van der Waals surface area contributed by atoms with Crippen molar-refractivity contribution in [3.05, 3.63) is 60.2 Å². The van der Waals surface area contributed by atoms with E-state index in [0.717, 1.165) is 16.8 Å². The van der Waals surface area contributed by atoms with Crippen LogP contribution >= 0.6 is 0 Å². The topological polar surface area (TPSA) is 79.4 Å². The van der Waals surface area contributed by atoms with Gasteiger partial charge in [-0.2, -0.15) is 10.4 Å². The average Bonchev–Trinajstić information content (AvgIpc) is 3.00. The fraction of sp³-hybridized carbons (Fsp3) is 0.125. The molecule has 0 aliphatic heterocycles. The van der Waals surface area contributed by atoms with Crippen LogP contribution in [0.15, 0.2) is 49.1 Å². The van der Waals surface area contributed by atoms with Crippen molar-refractivity contribution in [3.63, 3.8) is 0 Å². The lowest BCUT2D eigenvalue weighted by atomic mass is 10.1. The van der Waals surface area contributed by atoms with E-state index in [1.807, 2.05) is 25.4 Å². The fourth-order valence-corrected chi connectivity index (χ4v) is 2.08. The third-order valence-corrected chi connectivity index (χ3v) is 3.19. The first kappa shape index (κ1) is 13.8. The summed E-state index contributed by atoms with van der Waals surface area (Å²) in [7, 11) is 1.88. The highest BCUT2D eigenvalue weighted by atomic mass is 15.2. The summed E-state index contributed by atoms with van der Waals surface area (Å²) in [5, 5.41) is 16.3. The van der Waals surface area contributed by atoms with Gasteiger partial charge in [0.05, 0.1) is 23.5 Å². The van der Waals surface area contributed by atoms with E-state index in [0.29, 0.717) is 17.9 Å². The maximum Gasteiger partial charge on any atom is 0.127 e. The monoisotopic (exact) mass is 290 g/mol. The Morgan fingerprint density at radius 2 is 2.09 bits per heavy atom. The van der Waals surface area contributed by atoms with E-state index in [9.17, 15) is 0 Å². The van der Waals surface area contributed by atoms with Gasteiger partial charge in [-0.25, -0.2) is 4.98 Å². The molecule has 1 N–H and O–H groups in total. The first-order chi connectivity index (χ1) is 10.7. The quantitative estimate of drug-likeness (QED) is 0.798. The molecule has 0 aliphatic rings. The summed E-state index contributed by atoms with van der Waals surface area (Å²) in [5.74, 6) is 0.679. The number of nitrogens with zero attached hydrogens (tertiary/aromatic N) is 5. The van der Waals surface area contributed by atoms with Crippen LogP contribution in [0.5, 0.6) is 0 Å². The van der Waals surface area contributed by atoms with E-state index in [1.54, 1.807) is 35.4 Å². The van der Waals surface area contributed by atoms with E-state index in [2.05, 4.69) is 26.5 Å². The Morgan fingerprint density at radius 1 is 1.23 bits per heavy atom. The molecule has 3 aromatic rings. The van der Waals surface area contributed by atoms with Gasteiger partial charge in [-0.1, -0.05) is 0 Å². The van der Waals surface area contributed by atoms with Gasteiger partial charge in [0.1, 0.15) is 5.82 Å². The van der Waals surface area contributed by atoms with Crippen molar-refractivity contribution in [1.82, 2.24) is 19.7 Å². The zero-order valence-electron chi connectivity index (χ0n) is 12.1. The molecule has 0 saturated carbocycles. The number of rotatable bonds is 4. The van der Waals surface area contributed by atoms with Gasteiger partial charge in [-0.05, 0) is 29.8 Å². The molecule has 0 aromatic carbocycles. The van der Waals surface area contributed by atoms with Crippen molar-refractivity contribution in [2.24, 2.45) is 7.05 Å². The molecule has 108 valence electrons. The van der Waals surface area contributed by atoms with Crippen molar-refractivity contribution in [1.29, 1.82) is 5.26 Å². The summed E-state index contributed by atoms with van der Waals surface area (Å²) in [6.45, 7) is 0.609. The third kappa shape index (κ3) is 3.10. The van der Waals surface area contributed by atoms with Crippen LogP contribution in [0.25, 0.3) is 11.3 Å². The number of hydrogen-bond donors (Lipinski definition) is 1. The lowest BCUT2D eigenvalue weighted by Crippen LogP contribution is -2.02. The molecule has 0 atom stereocenters. The Labute approximate surface area is 128 Å². The Balaban J connectivity index is 1.74. The molecular weight excluding hydrogens is 276 g/mol. The van der Waals surface area contributed by atoms with Gasteiger partial charge in [0, 0.05) is 37.7 Å². The summed E-state index contributed by atoms with van der Waals surface area (Å²) in [4.78, 5) is 8.56. The minimum absolute atomic E-state index is 0.586. The van der Waals surface area contributed by atoms with Crippen LogP contribution in [0.3, 0.4) is 0 Å². The zero-order chi connectivity index (χ0) is 15.4. The SMILES string of the molecule is Cn1cc(-c2cc(CNc3cc(C#N)ccn3)ccn2)cn1. The molecular formula is C16H14N6. The molecule has 0 aliphatic carbocycles. The molecule has 3 aromatic heterocycles. The number of aryl methyl sites for hydroxylation is 1. The molecule has 0 fully saturated rings. The third-order valence-electron chi connectivity index (χ3n) is 3.19. The number of pyridine rings is 2. The minimum atomic E-state index is 0.586. The molecule has 22 heavy (non-hydrogen) atoms. The van der Waals surface area contributed by atoms with E-state index >= 15 is 0 Å². The molecule has 6 nitrogen and oxygen atoms in total. The highest BCUT2D eigenvalue weighted by Gasteiger charge is 2.04. The Morgan fingerprint density at radius 3 is 2.86 bits per heavy atom. The van der Waals surface area contributed by atoms with Crippen LogP contribution in [0.1, 0.15) is 11.1 Å². The number of nitriles is 1. The van der Waals surface area contributed by atoms with Crippen LogP contribution < -0.4 is 5.32 Å². The van der Waals surface area contributed by atoms with E-state index in [1.165, 1.54) is 0 Å². The second-order valence-electron chi connectivity index (χ2n) is 4.85. The molecule has 0 saturated heterocycles. The predicted molar refractivity (Wildman–Crippen MR) is 82.7 cm³/mol. The molecule has 0 amide bonds. The fourth-order valence-electron chi connectivity index (χ4n) is 2.08. The minimum Gasteiger partial charge on any atom is -0.366 e. The predicted octanol–water partition coefficient (Wildman–Crippen LogP) is 2.36. The normalized spacial score (nSPS) is 10.2. The zero-order valence-corrected chi connectivity index (χ0v) is 12.1. The number of hydrogen-bond acceptors (Lipinski definition) is 5. The van der Waals surface area contributed by atoms with Crippen molar-refractivity contribution >= 4 is 5.82 Å². The Bertz CT molecular complexity index is 830. The number of nitrogens with one attached hydrogen (secondary N) is 1. The van der Waals surface area contributed by atoms with E-state index in [4.69, 9.17) is 5.26 Å². The second kappa shape index (κ2) is 6.06. The molecule has 0 spiro atoms. The maximum atomic E-state index is 8.89. The lowest BCUT2D eigenvalue weighted by Gasteiger charge is -2.06. The van der Waals surface area contributed by atoms with Gasteiger partial charge in [0.2, 0.25) is 0 Å². The maximum absolute atomic E-state index is 8.89. The smallest absolute Gasteiger partial charge is 0.127 e. The molecule has 0 unspecified atom stereocenters. The van der Waals surface area contributed by atoms with Gasteiger partial charge in [-0.15, -0.1) is 0 Å². The number of anilines is 1. The van der Waals surface area contributed by atoms with Gasteiger partial charge in [0.15, 0.2) is 0 Å². The molecule has 0 bridgehead atoms. The summed E-state index contributed by atoms with van der Waals surface area (Å²) in [6.07, 6.45) is 7.11. The molecule has 3 rings (SSSR count). The first-order valence-electron chi connectivity index (χ1n) is 6.78. The Hall–Kier alpha value is -3.20. The van der Waals surface area contributed by atoms with Gasteiger partial charge >= 0.3 is 0 Å². The first-order valence-corrected chi connectivity index (χ1v) is 6.78. The van der Waals surface area contributed by atoms with E-state index < -0.39 is 0 Å². The summed E-state index contributed by atoms with van der Waals surface area (Å²) in [6, 6.07) is 9.46. The molecule has 6 heteroatoms. The summed E-state index contributed by atoms with van der Waals surface area (Å²) in [5.41, 5.74) is 3.53. The van der Waals surface area contributed by atoms with Crippen molar-refractivity contribution < 1.29 is 0 Å². The van der Waals surface area contributed by atoms with Crippen LogP contribution in [-0.2, 0) is 13.6 Å². The van der Waals surface area contributed by atoms with Crippen LogP contribution in [0.4, 0.5) is 5.82 Å². The molecule has 3 heterocycles. The van der Waals surface area contributed by atoms with Crippen LogP contribution in [0.2, 0.25) is 0 Å². The standard InChI is InChI=1S/C16H14N6/c1-22-11-14(10-21-22)15-6-13(3-4-18-15)9-20-16-7-12(8-17)2-5-19-16/h2-7,10-11H,9H2,1H3,(H,19,20). The molecule has 0 radical (unpaired) electrons. The van der Waals surface area contributed by atoms with Crippen LogP contribution in [0, 0.1) is 11.3 Å². The highest BCUT2D eigenvalue weighted by Crippen LogP contribution is 2.17. The highest BCUT2D eigenvalue weighted by molar-refractivity contribution is 5.57. The summed E-state index contributed by atoms with van der Waals surface area (Å²) < 4.78 is 1.75. The van der Waals surface area contributed by atoms with Crippen molar-refractivity contribution in [2.75, 3.05) is 5.32 Å². The lowest BCUT2D eigenvalue weighted by molar-refractivity contribution is 0.768. The second-order valence-corrected chi connectivity index (χ2v) is 4.85. The summed E-state index contributed by atoms with van der Waals surface area (Å²) >= 11 is 0. The van der Waals surface area contributed by atoms with Gasteiger partial charge in [-0.3, -0.25) is 9.67 Å². The Kier molecular flexibility index (Phi) is 3.79. The average molecular weight is 290 g/mol. The van der Waals surface area contributed by atoms with Gasteiger partial charge < -0.3 is 5.32 Å².